The average molecular weight is 288 g/mol. The third kappa shape index (κ3) is 1.82. The van der Waals surface area contributed by atoms with Crippen LogP contribution in [0.5, 0.6) is 0 Å². The molecule has 0 atom stereocenters. The molecule has 0 bridgehead atoms. The maximum Gasteiger partial charge on any atom is 0.0688 e. The zero-order valence-corrected chi connectivity index (χ0v) is 12.1. The van der Waals surface area contributed by atoms with Crippen LogP contribution in [0.25, 0.3) is 32.3 Å². The van der Waals surface area contributed by atoms with Crippen LogP contribution in [0.15, 0.2) is 60.7 Å². The summed E-state index contributed by atoms with van der Waals surface area (Å²) in [5, 5.41) is 26.0. The van der Waals surface area contributed by atoms with E-state index >= 15 is 0 Å². The Morgan fingerprint density at radius 3 is 1.82 bits per heavy atom. The van der Waals surface area contributed by atoms with Crippen molar-refractivity contribution in [2.75, 3.05) is 0 Å². The minimum atomic E-state index is 0.0204. The first kappa shape index (κ1) is 13.3. The summed E-state index contributed by atoms with van der Waals surface area (Å²) in [4.78, 5) is 0. The van der Waals surface area contributed by atoms with E-state index in [-0.39, 0.29) is 13.2 Å². The van der Waals surface area contributed by atoms with E-state index in [1.807, 2.05) is 24.3 Å². The van der Waals surface area contributed by atoms with E-state index in [9.17, 15) is 10.2 Å². The first-order valence-electron chi connectivity index (χ1n) is 7.40. The lowest BCUT2D eigenvalue weighted by atomic mass is 9.93. The number of benzene rings is 4. The van der Waals surface area contributed by atoms with Crippen LogP contribution in [-0.4, -0.2) is 10.2 Å². The standard InChI is InChI=1S/C20H16O2/c21-11-13-4-3-7-18-16(13)8-9-19-17-6-2-1-5-15(17)14(12-22)10-20(18)19/h1-10,21-22H,11-12H2. The van der Waals surface area contributed by atoms with E-state index in [1.165, 1.54) is 5.39 Å². The largest absolute Gasteiger partial charge is 0.392 e. The molecule has 0 radical (unpaired) electrons. The van der Waals surface area contributed by atoms with Gasteiger partial charge in [-0.3, -0.25) is 0 Å². The zero-order chi connectivity index (χ0) is 15.1. The maximum atomic E-state index is 9.73. The number of fused-ring (bicyclic) bond motifs is 5. The predicted octanol–water partition coefficient (Wildman–Crippen LogP) is 4.13. The third-order valence-electron chi connectivity index (χ3n) is 4.42. The van der Waals surface area contributed by atoms with E-state index in [1.54, 1.807) is 0 Å². The second-order valence-electron chi connectivity index (χ2n) is 5.57. The summed E-state index contributed by atoms with van der Waals surface area (Å²) >= 11 is 0. The van der Waals surface area contributed by atoms with Crippen LogP contribution in [0, 0.1) is 0 Å². The summed E-state index contributed by atoms with van der Waals surface area (Å²) < 4.78 is 0. The lowest BCUT2D eigenvalue weighted by Gasteiger charge is -2.12. The number of aliphatic hydroxyl groups excluding tert-OH is 2. The topological polar surface area (TPSA) is 40.5 Å². The Balaban J connectivity index is 2.25. The Bertz CT molecular complexity index is 1000. The molecule has 0 saturated carbocycles. The molecule has 2 N–H and O–H groups in total. The Kier molecular flexibility index (Phi) is 3.07. The molecule has 4 aromatic carbocycles. The molecule has 0 spiro atoms. The fraction of sp³-hybridized carbons (Fsp3) is 0.100. The number of aliphatic hydroxyl groups is 2. The maximum absolute atomic E-state index is 9.73. The molecule has 0 aliphatic heterocycles. The highest BCUT2D eigenvalue weighted by atomic mass is 16.3. The SMILES string of the molecule is OCc1cc2c3cccc(CO)c3ccc2c2ccccc12. The molecule has 0 saturated heterocycles. The van der Waals surface area contributed by atoms with Crippen LogP contribution in [0.3, 0.4) is 0 Å². The highest BCUT2D eigenvalue weighted by molar-refractivity contribution is 6.18. The molecule has 4 rings (SSSR count). The van der Waals surface area contributed by atoms with Gasteiger partial charge in [-0.25, -0.2) is 0 Å². The van der Waals surface area contributed by atoms with Crippen molar-refractivity contribution in [3.05, 3.63) is 71.8 Å². The molecule has 0 aromatic heterocycles. The van der Waals surface area contributed by atoms with Crippen molar-refractivity contribution in [2.45, 2.75) is 13.2 Å². The number of hydrogen-bond donors (Lipinski definition) is 2. The van der Waals surface area contributed by atoms with E-state index in [4.69, 9.17) is 0 Å². The highest BCUT2D eigenvalue weighted by Crippen LogP contribution is 2.34. The number of rotatable bonds is 2. The summed E-state index contributed by atoms with van der Waals surface area (Å²) in [5.41, 5.74) is 1.86. The molecule has 4 aromatic rings. The van der Waals surface area contributed by atoms with Crippen LogP contribution < -0.4 is 0 Å². The van der Waals surface area contributed by atoms with Gasteiger partial charge in [0.2, 0.25) is 0 Å². The molecule has 0 fully saturated rings. The minimum absolute atomic E-state index is 0.0204. The fourth-order valence-corrected chi connectivity index (χ4v) is 3.36. The van der Waals surface area contributed by atoms with Crippen LogP contribution >= 0.6 is 0 Å². The van der Waals surface area contributed by atoms with Crippen LogP contribution in [-0.2, 0) is 13.2 Å². The van der Waals surface area contributed by atoms with Gasteiger partial charge in [0.05, 0.1) is 13.2 Å². The second-order valence-corrected chi connectivity index (χ2v) is 5.57. The van der Waals surface area contributed by atoms with Crippen molar-refractivity contribution >= 4 is 32.3 Å². The van der Waals surface area contributed by atoms with Crippen molar-refractivity contribution in [3.8, 4) is 0 Å². The van der Waals surface area contributed by atoms with Gasteiger partial charge in [-0.05, 0) is 49.5 Å². The highest BCUT2D eigenvalue weighted by Gasteiger charge is 2.09. The van der Waals surface area contributed by atoms with Gasteiger partial charge in [-0.2, -0.15) is 0 Å². The molecule has 0 aliphatic carbocycles. The molecule has 2 heteroatoms. The Morgan fingerprint density at radius 2 is 1.05 bits per heavy atom. The number of hydrogen-bond acceptors (Lipinski definition) is 2. The Morgan fingerprint density at radius 1 is 0.500 bits per heavy atom. The summed E-state index contributed by atoms with van der Waals surface area (Å²) in [6, 6.07) is 20.4. The first-order valence-corrected chi connectivity index (χ1v) is 7.40. The lowest BCUT2D eigenvalue weighted by molar-refractivity contribution is 0.283. The van der Waals surface area contributed by atoms with Crippen molar-refractivity contribution < 1.29 is 10.2 Å². The van der Waals surface area contributed by atoms with Gasteiger partial charge in [0, 0.05) is 0 Å². The van der Waals surface area contributed by atoms with Crippen molar-refractivity contribution in [2.24, 2.45) is 0 Å². The van der Waals surface area contributed by atoms with Gasteiger partial charge in [0.1, 0.15) is 0 Å². The molecule has 22 heavy (non-hydrogen) atoms. The van der Waals surface area contributed by atoms with Crippen molar-refractivity contribution in [1.29, 1.82) is 0 Å². The molecule has 0 unspecified atom stereocenters. The van der Waals surface area contributed by atoms with Gasteiger partial charge in [0.15, 0.2) is 0 Å². The molecule has 0 amide bonds. The molecule has 2 nitrogen and oxygen atoms in total. The van der Waals surface area contributed by atoms with Crippen LogP contribution in [0.2, 0.25) is 0 Å². The Hall–Kier alpha value is -2.42. The van der Waals surface area contributed by atoms with Gasteiger partial charge in [-0.15, -0.1) is 0 Å². The van der Waals surface area contributed by atoms with E-state index in [2.05, 4.69) is 36.4 Å². The minimum Gasteiger partial charge on any atom is -0.392 e. The second kappa shape index (κ2) is 5.09. The van der Waals surface area contributed by atoms with Gasteiger partial charge in [-0.1, -0.05) is 54.6 Å². The molecule has 108 valence electrons. The van der Waals surface area contributed by atoms with E-state index < -0.39 is 0 Å². The third-order valence-corrected chi connectivity index (χ3v) is 4.42. The first-order chi connectivity index (χ1) is 10.8. The summed E-state index contributed by atoms with van der Waals surface area (Å²) in [7, 11) is 0. The van der Waals surface area contributed by atoms with Crippen molar-refractivity contribution in [1.82, 2.24) is 0 Å². The zero-order valence-electron chi connectivity index (χ0n) is 12.1. The van der Waals surface area contributed by atoms with Gasteiger partial charge >= 0.3 is 0 Å². The summed E-state index contributed by atoms with van der Waals surface area (Å²) in [6.07, 6.45) is 0. The Labute approximate surface area is 128 Å². The monoisotopic (exact) mass is 288 g/mol. The van der Waals surface area contributed by atoms with Crippen molar-refractivity contribution in [3.63, 3.8) is 0 Å². The molecular formula is C20H16O2. The van der Waals surface area contributed by atoms with Crippen LogP contribution in [0.1, 0.15) is 11.1 Å². The predicted molar refractivity (Wildman–Crippen MR) is 90.8 cm³/mol. The lowest BCUT2D eigenvalue weighted by Crippen LogP contribution is -1.91. The average Bonchev–Trinajstić information content (AvgIpc) is 2.60. The summed E-state index contributed by atoms with van der Waals surface area (Å²) in [5.74, 6) is 0. The molecular weight excluding hydrogens is 272 g/mol. The van der Waals surface area contributed by atoms with E-state index in [0.29, 0.717) is 0 Å². The summed E-state index contributed by atoms with van der Waals surface area (Å²) in [6.45, 7) is 0.0514. The van der Waals surface area contributed by atoms with E-state index in [0.717, 1.165) is 38.1 Å². The van der Waals surface area contributed by atoms with Gasteiger partial charge < -0.3 is 10.2 Å². The fourth-order valence-electron chi connectivity index (χ4n) is 3.36. The van der Waals surface area contributed by atoms with Crippen LogP contribution in [0.4, 0.5) is 0 Å². The van der Waals surface area contributed by atoms with Gasteiger partial charge in [0.25, 0.3) is 0 Å². The smallest absolute Gasteiger partial charge is 0.0688 e. The molecule has 0 aliphatic rings. The quantitative estimate of drug-likeness (QED) is 0.544. The normalized spacial score (nSPS) is 11.5. The molecule has 0 heterocycles.